The van der Waals surface area contributed by atoms with Crippen molar-refractivity contribution in [3.05, 3.63) is 65.2 Å². The molecule has 1 unspecified atom stereocenters. The number of nitrogens with zero attached hydrogens (tertiary/aromatic N) is 5. The molecule has 30 heavy (non-hydrogen) atoms. The first-order valence-corrected chi connectivity index (χ1v) is 9.35. The van der Waals surface area contributed by atoms with Gasteiger partial charge in [0.2, 0.25) is 5.88 Å². The topological polar surface area (TPSA) is 111 Å². The molecule has 1 atom stereocenters. The zero-order chi connectivity index (χ0) is 21.5. The van der Waals surface area contributed by atoms with Gasteiger partial charge in [0.25, 0.3) is 0 Å². The smallest absolute Gasteiger partial charge is 0.314 e. The Morgan fingerprint density at radius 3 is 2.60 bits per heavy atom. The lowest BCUT2D eigenvalue weighted by Crippen LogP contribution is -2.18. The minimum Gasteiger partial charge on any atom is -0.481 e. The number of methoxy groups -OCH3 is 2. The molecule has 152 valence electrons. The van der Waals surface area contributed by atoms with E-state index in [0.29, 0.717) is 47.3 Å². The number of aryl methyl sites for hydroxylation is 2. The molecule has 0 radical (unpaired) electrons. The molecule has 0 saturated carbocycles. The predicted octanol–water partition coefficient (Wildman–Crippen LogP) is 3.01. The summed E-state index contributed by atoms with van der Waals surface area (Å²) in [5.41, 5.74) is 2.93. The molecule has 8 heteroatoms. The van der Waals surface area contributed by atoms with E-state index in [9.17, 15) is 4.79 Å². The van der Waals surface area contributed by atoms with Crippen LogP contribution in [0.3, 0.4) is 0 Å². The highest BCUT2D eigenvalue weighted by atomic mass is 16.5. The zero-order valence-corrected chi connectivity index (χ0v) is 17.0. The summed E-state index contributed by atoms with van der Waals surface area (Å²) in [6, 6.07) is 14.4. The minimum atomic E-state index is -0.650. The van der Waals surface area contributed by atoms with Crippen molar-refractivity contribution in [3.8, 4) is 23.5 Å². The van der Waals surface area contributed by atoms with Crippen LogP contribution in [-0.4, -0.2) is 40.1 Å². The molecule has 0 spiro atoms. The van der Waals surface area contributed by atoms with E-state index < -0.39 is 11.9 Å². The molecule has 3 aromatic heterocycles. The van der Waals surface area contributed by atoms with Gasteiger partial charge in [0.1, 0.15) is 17.5 Å². The number of hydrogen-bond donors (Lipinski definition) is 0. The zero-order valence-electron chi connectivity index (χ0n) is 17.0. The second-order valence-corrected chi connectivity index (χ2v) is 6.56. The second-order valence-electron chi connectivity index (χ2n) is 6.56. The van der Waals surface area contributed by atoms with Gasteiger partial charge in [-0.3, -0.25) is 4.79 Å². The average molecular weight is 403 g/mol. The summed E-state index contributed by atoms with van der Waals surface area (Å²) in [5.74, 6) is -0.373. The lowest BCUT2D eigenvalue weighted by atomic mass is 9.97. The summed E-state index contributed by atoms with van der Waals surface area (Å²) in [6.07, 6.45) is 0.870. The van der Waals surface area contributed by atoms with E-state index >= 15 is 0 Å². The number of rotatable bonds is 7. The monoisotopic (exact) mass is 403 g/mol. The molecule has 0 fully saturated rings. The van der Waals surface area contributed by atoms with Crippen LogP contribution >= 0.6 is 0 Å². The van der Waals surface area contributed by atoms with Crippen molar-refractivity contribution >= 4 is 5.97 Å². The van der Waals surface area contributed by atoms with Crippen molar-refractivity contribution < 1.29 is 14.3 Å². The summed E-state index contributed by atoms with van der Waals surface area (Å²) in [7, 11) is 2.84. The fourth-order valence-corrected chi connectivity index (χ4v) is 3.01. The molecule has 3 aromatic rings. The van der Waals surface area contributed by atoms with Crippen LogP contribution in [0.25, 0.3) is 11.5 Å². The van der Waals surface area contributed by atoms with Gasteiger partial charge in [-0.15, -0.1) is 0 Å². The third-order valence-corrected chi connectivity index (χ3v) is 4.50. The molecule has 0 aliphatic heterocycles. The Kier molecular flexibility index (Phi) is 6.65. The Morgan fingerprint density at radius 1 is 1.10 bits per heavy atom. The van der Waals surface area contributed by atoms with Gasteiger partial charge < -0.3 is 9.47 Å². The summed E-state index contributed by atoms with van der Waals surface area (Å²) >= 11 is 0. The average Bonchev–Trinajstić information content (AvgIpc) is 2.78. The van der Waals surface area contributed by atoms with Crippen molar-refractivity contribution in [3.63, 3.8) is 0 Å². The van der Waals surface area contributed by atoms with E-state index in [1.54, 1.807) is 24.3 Å². The van der Waals surface area contributed by atoms with Crippen molar-refractivity contribution in [2.45, 2.75) is 25.7 Å². The number of aromatic nitrogens is 4. The maximum absolute atomic E-state index is 12.5. The van der Waals surface area contributed by atoms with Crippen molar-refractivity contribution in [2.75, 3.05) is 14.2 Å². The largest absolute Gasteiger partial charge is 0.481 e. The molecule has 3 heterocycles. The number of carbonyl (C=O) groups is 1. The van der Waals surface area contributed by atoms with Crippen LogP contribution in [0.4, 0.5) is 0 Å². The summed E-state index contributed by atoms with van der Waals surface area (Å²) in [6.45, 7) is 1.88. The number of ether oxygens (including phenoxy) is 2. The first-order valence-electron chi connectivity index (χ1n) is 9.35. The van der Waals surface area contributed by atoms with Crippen LogP contribution in [0.5, 0.6) is 5.88 Å². The van der Waals surface area contributed by atoms with Crippen LogP contribution in [-0.2, 0) is 16.0 Å². The van der Waals surface area contributed by atoms with Crippen LogP contribution in [0, 0.1) is 18.3 Å². The second kappa shape index (κ2) is 9.56. The van der Waals surface area contributed by atoms with Crippen LogP contribution in [0.1, 0.15) is 35.1 Å². The summed E-state index contributed by atoms with van der Waals surface area (Å²) in [4.78, 5) is 30.2. The molecule has 0 aromatic carbocycles. The van der Waals surface area contributed by atoms with Gasteiger partial charge in [0, 0.05) is 17.5 Å². The molecule has 3 rings (SSSR count). The van der Waals surface area contributed by atoms with Gasteiger partial charge in [-0.2, -0.15) is 10.2 Å². The van der Waals surface area contributed by atoms with Gasteiger partial charge in [0.15, 0.2) is 5.82 Å². The van der Waals surface area contributed by atoms with E-state index in [-0.39, 0.29) is 0 Å². The highest BCUT2D eigenvalue weighted by Gasteiger charge is 2.25. The highest BCUT2D eigenvalue weighted by Crippen LogP contribution is 2.26. The Labute approximate surface area is 174 Å². The molecule has 0 saturated heterocycles. The number of pyridine rings is 2. The first-order chi connectivity index (χ1) is 14.5. The third kappa shape index (κ3) is 4.94. The Hall–Kier alpha value is -3.86. The van der Waals surface area contributed by atoms with E-state index in [2.05, 4.69) is 19.9 Å². The van der Waals surface area contributed by atoms with Crippen LogP contribution < -0.4 is 4.74 Å². The fourth-order valence-electron chi connectivity index (χ4n) is 3.01. The van der Waals surface area contributed by atoms with Crippen molar-refractivity contribution in [1.29, 1.82) is 5.26 Å². The maximum atomic E-state index is 12.5. The van der Waals surface area contributed by atoms with Gasteiger partial charge in [0.05, 0.1) is 25.8 Å². The molecular weight excluding hydrogens is 382 g/mol. The molecule has 0 bridgehead atoms. The number of carbonyl (C=O) groups excluding carboxylic acids is 1. The molecular formula is C22H21N5O3. The molecule has 0 N–H and O–H groups in total. The fraction of sp³-hybridized carbons (Fsp3) is 0.273. The van der Waals surface area contributed by atoms with Gasteiger partial charge in [-0.05, 0) is 44.0 Å². The Bertz CT molecular complexity index is 1090. The van der Waals surface area contributed by atoms with Gasteiger partial charge in [-0.25, -0.2) is 15.0 Å². The van der Waals surface area contributed by atoms with E-state index in [1.165, 1.54) is 14.2 Å². The highest BCUT2D eigenvalue weighted by molar-refractivity contribution is 5.77. The van der Waals surface area contributed by atoms with Crippen LogP contribution in [0.2, 0.25) is 0 Å². The molecule has 0 amide bonds. The standard InChI is InChI=1S/C22H21N5O3/c1-14-6-4-9-18(24-14)21-26-19(12-20(27-21)29-2)17(22(28)30-3)11-10-15-7-5-8-16(13-23)25-15/h4-9,12,17H,10-11H2,1-3H3. The molecule has 0 aliphatic carbocycles. The normalized spacial score (nSPS) is 11.4. The van der Waals surface area contributed by atoms with E-state index in [0.717, 1.165) is 5.69 Å². The quantitative estimate of drug-likeness (QED) is 0.554. The maximum Gasteiger partial charge on any atom is 0.314 e. The summed E-state index contributed by atoms with van der Waals surface area (Å²) < 4.78 is 10.3. The Morgan fingerprint density at radius 2 is 1.90 bits per heavy atom. The third-order valence-electron chi connectivity index (χ3n) is 4.50. The number of esters is 1. The molecule has 0 aliphatic rings. The van der Waals surface area contributed by atoms with E-state index in [1.807, 2.05) is 31.2 Å². The minimum absolute atomic E-state index is 0.330. The Balaban J connectivity index is 1.95. The number of nitriles is 1. The van der Waals surface area contributed by atoms with Gasteiger partial charge >= 0.3 is 5.97 Å². The van der Waals surface area contributed by atoms with Crippen LogP contribution in [0.15, 0.2) is 42.5 Å². The van der Waals surface area contributed by atoms with Crippen molar-refractivity contribution in [1.82, 2.24) is 19.9 Å². The van der Waals surface area contributed by atoms with E-state index in [4.69, 9.17) is 14.7 Å². The SMILES string of the molecule is COC(=O)C(CCc1cccc(C#N)n1)c1cc(OC)nc(-c2cccc(C)n2)n1. The first kappa shape index (κ1) is 20.9. The lowest BCUT2D eigenvalue weighted by Gasteiger charge is -2.16. The lowest BCUT2D eigenvalue weighted by molar-refractivity contribution is -0.142. The molecule has 8 nitrogen and oxygen atoms in total. The summed E-state index contributed by atoms with van der Waals surface area (Å²) in [5, 5.41) is 9.04. The number of hydrogen-bond acceptors (Lipinski definition) is 8. The van der Waals surface area contributed by atoms with Gasteiger partial charge in [-0.1, -0.05) is 12.1 Å². The van der Waals surface area contributed by atoms with Crippen molar-refractivity contribution in [2.24, 2.45) is 0 Å². The predicted molar refractivity (Wildman–Crippen MR) is 109 cm³/mol.